The van der Waals surface area contributed by atoms with Crippen LogP contribution in [0.25, 0.3) is 0 Å². The third-order valence-electron chi connectivity index (χ3n) is 4.96. The number of para-hydroxylation sites is 1. The summed E-state index contributed by atoms with van der Waals surface area (Å²) in [4.78, 5) is 26.6. The summed E-state index contributed by atoms with van der Waals surface area (Å²) in [6.45, 7) is 3.66. The summed E-state index contributed by atoms with van der Waals surface area (Å²) in [7, 11) is 0. The maximum Gasteiger partial charge on any atom is 0.274 e. The number of benzene rings is 3. The summed E-state index contributed by atoms with van der Waals surface area (Å²) in [6.07, 6.45) is 0. The smallest absolute Gasteiger partial charge is 0.274 e. The highest BCUT2D eigenvalue weighted by molar-refractivity contribution is 6.04. The van der Waals surface area contributed by atoms with E-state index < -0.39 is 11.5 Å². The van der Waals surface area contributed by atoms with Crippen LogP contribution in [0, 0.1) is 0 Å². The predicted molar refractivity (Wildman–Crippen MR) is 115 cm³/mol. The molecule has 0 saturated carbocycles. The molecule has 3 aromatic carbocycles. The first-order chi connectivity index (χ1) is 14.9. The number of hydroxylamine groups is 1. The van der Waals surface area contributed by atoms with Gasteiger partial charge in [0.2, 0.25) is 0 Å². The van der Waals surface area contributed by atoms with Gasteiger partial charge in [0.05, 0.1) is 12.2 Å². The molecule has 0 spiro atoms. The molecule has 3 aromatic rings. The van der Waals surface area contributed by atoms with Gasteiger partial charge in [-0.15, -0.1) is 0 Å². The van der Waals surface area contributed by atoms with Gasteiger partial charge in [-0.3, -0.25) is 14.8 Å². The van der Waals surface area contributed by atoms with Crippen LogP contribution in [0.15, 0.2) is 72.8 Å². The van der Waals surface area contributed by atoms with E-state index in [2.05, 4.69) is 0 Å². The minimum atomic E-state index is -1.06. The predicted octanol–water partition coefficient (Wildman–Crippen LogP) is 4.30. The Bertz CT molecular complexity index is 1130. The fraction of sp³-hybridized carbons (Fsp3) is 0.167. The van der Waals surface area contributed by atoms with Crippen molar-refractivity contribution in [1.82, 2.24) is 5.48 Å². The lowest BCUT2D eigenvalue weighted by Crippen LogP contribution is -2.52. The molecular weight excluding hydrogens is 396 g/mol. The van der Waals surface area contributed by atoms with Gasteiger partial charge in [0.1, 0.15) is 17.2 Å². The van der Waals surface area contributed by atoms with Gasteiger partial charge in [-0.1, -0.05) is 30.3 Å². The quantitative estimate of drug-likeness (QED) is 0.476. The first-order valence-corrected chi connectivity index (χ1v) is 9.79. The van der Waals surface area contributed by atoms with Gasteiger partial charge in [-0.2, -0.15) is 0 Å². The van der Waals surface area contributed by atoms with Gasteiger partial charge in [0.15, 0.2) is 5.60 Å². The second kappa shape index (κ2) is 8.12. The molecule has 31 heavy (non-hydrogen) atoms. The van der Waals surface area contributed by atoms with Crippen LogP contribution >= 0.6 is 0 Å². The summed E-state index contributed by atoms with van der Waals surface area (Å²) in [5.41, 5.74) is 2.07. The number of fused-ring (bicyclic) bond motifs is 1. The van der Waals surface area contributed by atoms with Crippen molar-refractivity contribution in [3.05, 3.63) is 83.9 Å². The maximum atomic E-state index is 13.2. The Balaban J connectivity index is 1.67. The Morgan fingerprint density at radius 3 is 2.52 bits per heavy atom. The summed E-state index contributed by atoms with van der Waals surface area (Å²) < 4.78 is 11.8. The SMILES string of the molecule is CC1(C)Oc2ccc(C(=O)NO)cc2N(Cc2cccc(Oc3ccccc3)c2)C1=O. The topological polar surface area (TPSA) is 88.1 Å². The van der Waals surface area contributed by atoms with Crippen molar-refractivity contribution < 1.29 is 24.3 Å². The molecule has 1 aliphatic rings. The molecule has 1 heterocycles. The minimum absolute atomic E-state index is 0.212. The van der Waals surface area contributed by atoms with Gasteiger partial charge in [-0.05, 0) is 61.9 Å². The largest absolute Gasteiger partial charge is 0.476 e. The lowest BCUT2D eigenvalue weighted by atomic mass is 10.0. The van der Waals surface area contributed by atoms with E-state index >= 15 is 0 Å². The van der Waals surface area contributed by atoms with Crippen molar-refractivity contribution in [3.8, 4) is 17.2 Å². The molecule has 158 valence electrons. The number of rotatable bonds is 5. The highest BCUT2D eigenvalue weighted by Crippen LogP contribution is 2.39. The zero-order chi connectivity index (χ0) is 22.0. The molecule has 0 bridgehead atoms. The Kier molecular flexibility index (Phi) is 5.35. The van der Waals surface area contributed by atoms with E-state index in [-0.39, 0.29) is 18.0 Å². The van der Waals surface area contributed by atoms with Gasteiger partial charge in [-0.25, -0.2) is 5.48 Å². The molecule has 7 heteroatoms. The number of carbonyl (C=O) groups is 2. The summed E-state index contributed by atoms with van der Waals surface area (Å²) in [5.74, 6) is 0.940. The molecule has 0 unspecified atom stereocenters. The number of ether oxygens (including phenoxy) is 2. The first kappa shape index (κ1) is 20.4. The van der Waals surface area contributed by atoms with E-state index in [1.807, 2.05) is 54.6 Å². The van der Waals surface area contributed by atoms with Gasteiger partial charge >= 0.3 is 0 Å². The Labute approximate surface area is 179 Å². The van der Waals surface area contributed by atoms with Crippen LogP contribution in [-0.2, 0) is 11.3 Å². The number of amides is 2. The van der Waals surface area contributed by atoms with Crippen molar-refractivity contribution in [2.45, 2.75) is 26.0 Å². The number of hydrogen-bond donors (Lipinski definition) is 2. The second-order valence-electron chi connectivity index (χ2n) is 7.69. The van der Waals surface area contributed by atoms with Crippen molar-refractivity contribution in [1.29, 1.82) is 0 Å². The number of anilines is 1. The van der Waals surface area contributed by atoms with E-state index in [0.717, 1.165) is 5.56 Å². The molecule has 0 aromatic heterocycles. The highest BCUT2D eigenvalue weighted by atomic mass is 16.5. The van der Waals surface area contributed by atoms with Gasteiger partial charge < -0.3 is 14.4 Å². The maximum absolute atomic E-state index is 13.2. The first-order valence-electron chi connectivity index (χ1n) is 9.79. The van der Waals surface area contributed by atoms with Crippen LogP contribution in [0.5, 0.6) is 17.2 Å². The van der Waals surface area contributed by atoms with Crippen molar-refractivity contribution in [3.63, 3.8) is 0 Å². The zero-order valence-corrected chi connectivity index (χ0v) is 17.2. The Morgan fingerprint density at radius 1 is 1.03 bits per heavy atom. The molecule has 2 N–H and O–H groups in total. The molecule has 7 nitrogen and oxygen atoms in total. The van der Waals surface area contributed by atoms with Crippen molar-refractivity contribution in [2.24, 2.45) is 0 Å². The van der Waals surface area contributed by atoms with E-state index in [9.17, 15) is 9.59 Å². The van der Waals surface area contributed by atoms with Crippen LogP contribution in [0.4, 0.5) is 5.69 Å². The average molecular weight is 418 g/mol. The average Bonchev–Trinajstić information content (AvgIpc) is 2.77. The number of carbonyl (C=O) groups excluding carboxylic acids is 2. The monoisotopic (exact) mass is 418 g/mol. The number of nitrogens with zero attached hydrogens (tertiary/aromatic N) is 1. The van der Waals surface area contributed by atoms with Crippen LogP contribution in [0.1, 0.15) is 29.8 Å². The third-order valence-corrected chi connectivity index (χ3v) is 4.96. The standard InChI is InChI=1S/C24H22N2O5/c1-24(2)23(28)26(20-14-17(22(27)25-29)11-12-21(20)31-24)15-16-7-6-10-19(13-16)30-18-8-4-3-5-9-18/h3-14,29H,15H2,1-2H3,(H,25,27). The summed E-state index contributed by atoms with van der Waals surface area (Å²) in [5, 5.41) is 8.95. The van der Waals surface area contributed by atoms with Crippen LogP contribution in [-0.4, -0.2) is 22.6 Å². The summed E-state index contributed by atoms with van der Waals surface area (Å²) >= 11 is 0. The Morgan fingerprint density at radius 2 is 1.77 bits per heavy atom. The molecular formula is C24H22N2O5. The molecule has 1 aliphatic heterocycles. The molecule has 0 aliphatic carbocycles. The van der Waals surface area contributed by atoms with Crippen molar-refractivity contribution >= 4 is 17.5 Å². The number of nitrogens with one attached hydrogen (secondary N) is 1. The molecule has 0 radical (unpaired) electrons. The molecule has 2 amide bonds. The van der Waals surface area contributed by atoms with Crippen molar-refractivity contribution in [2.75, 3.05) is 4.90 Å². The van der Waals surface area contributed by atoms with Gasteiger partial charge in [0, 0.05) is 5.56 Å². The zero-order valence-electron chi connectivity index (χ0n) is 17.2. The second-order valence-corrected chi connectivity index (χ2v) is 7.69. The van der Waals surface area contributed by atoms with Crippen LogP contribution in [0.3, 0.4) is 0 Å². The van der Waals surface area contributed by atoms with E-state index in [0.29, 0.717) is 22.9 Å². The summed E-state index contributed by atoms with van der Waals surface area (Å²) in [6, 6.07) is 21.6. The minimum Gasteiger partial charge on any atom is -0.476 e. The Hall–Kier alpha value is -3.84. The normalized spacial score (nSPS) is 14.4. The third kappa shape index (κ3) is 4.22. The number of hydrogen-bond acceptors (Lipinski definition) is 5. The van der Waals surface area contributed by atoms with Gasteiger partial charge in [0.25, 0.3) is 11.8 Å². The lowest BCUT2D eigenvalue weighted by Gasteiger charge is -2.39. The fourth-order valence-electron chi connectivity index (χ4n) is 3.44. The molecule has 4 rings (SSSR count). The molecule has 0 atom stereocenters. The lowest BCUT2D eigenvalue weighted by molar-refractivity contribution is -0.132. The van der Waals surface area contributed by atoms with Crippen LogP contribution in [0.2, 0.25) is 0 Å². The molecule has 0 fully saturated rings. The van der Waals surface area contributed by atoms with E-state index in [1.54, 1.807) is 30.3 Å². The molecule has 0 saturated heterocycles. The van der Waals surface area contributed by atoms with Crippen LogP contribution < -0.4 is 19.9 Å². The van der Waals surface area contributed by atoms with E-state index in [4.69, 9.17) is 14.7 Å². The highest BCUT2D eigenvalue weighted by Gasteiger charge is 2.41. The van der Waals surface area contributed by atoms with E-state index in [1.165, 1.54) is 12.1 Å². The fourth-order valence-corrected chi connectivity index (χ4v) is 3.44.